The first-order chi connectivity index (χ1) is 10.2. The molecule has 0 aromatic carbocycles. The first kappa shape index (κ1) is 28.4. The molecular formula is C18H36Li2O3. The van der Waals surface area contributed by atoms with Gasteiger partial charge >= 0.3 is 37.7 Å². The fourth-order valence-corrected chi connectivity index (χ4v) is 2.66. The molecule has 0 spiro atoms. The van der Waals surface area contributed by atoms with Crippen LogP contribution in [0.1, 0.15) is 105 Å². The summed E-state index contributed by atoms with van der Waals surface area (Å²) < 4.78 is 0. The van der Waals surface area contributed by atoms with E-state index in [2.05, 4.69) is 6.92 Å². The Labute approximate surface area is 169 Å². The van der Waals surface area contributed by atoms with Crippen molar-refractivity contribution in [2.45, 2.75) is 109 Å². The van der Waals surface area contributed by atoms with E-state index in [0.717, 1.165) is 38.5 Å². The quantitative estimate of drug-likeness (QED) is 0.267. The molecule has 0 heterocycles. The Morgan fingerprint density at radius 1 is 0.826 bits per heavy atom. The summed E-state index contributed by atoms with van der Waals surface area (Å²) >= 11 is 0. The molecule has 0 rings (SSSR count). The Morgan fingerprint density at radius 3 is 1.65 bits per heavy atom. The van der Waals surface area contributed by atoms with Crippen molar-refractivity contribution in [1.82, 2.24) is 0 Å². The van der Waals surface area contributed by atoms with Crippen molar-refractivity contribution in [2.75, 3.05) is 0 Å². The van der Waals surface area contributed by atoms with E-state index in [1.807, 2.05) is 0 Å². The predicted octanol–water partition coefficient (Wildman–Crippen LogP) is -1.91. The standard InChI is InChI=1S/C18H36O3.2Li.H/c1-2-3-4-11-14-17(19)15-12-9-7-5-6-8-10-13-16-18(20)21;;;/h17,19H,2-16H2,1H3,(H,20,21);;;/q;2*+1;-1/p-1. The SMILES string of the molecule is CCCCCCC(O)CCCCCCCCCCC(=O)[O-].[H-].[Li+].[Li+]. The first-order valence-corrected chi connectivity index (χ1v) is 9.04. The van der Waals surface area contributed by atoms with Crippen LogP contribution in [0.25, 0.3) is 0 Å². The van der Waals surface area contributed by atoms with Crippen LogP contribution in [-0.2, 0) is 4.79 Å². The number of carbonyl (C=O) groups is 1. The zero-order valence-electron chi connectivity index (χ0n) is 16.9. The molecule has 0 amide bonds. The van der Waals surface area contributed by atoms with Crippen LogP contribution in [0.3, 0.4) is 0 Å². The van der Waals surface area contributed by atoms with Gasteiger partial charge in [0.1, 0.15) is 0 Å². The molecular weight excluding hydrogens is 278 g/mol. The summed E-state index contributed by atoms with van der Waals surface area (Å²) in [7, 11) is 0. The molecule has 0 radical (unpaired) electrons. The van der Waals surface area contributed by atoms with Crippen molar-refractivity contribution in [3.8, 4) is 0 Å². The van der Waals surface area contributed by atoms with Crippen LogP contribution in [0.15, 0.2) is 0 Å². The number of aliphatic hydroxyl groups is 1. The van der Waals surface area contributed by atoms with Crippen LogP contribution in [0.2, 0.25) is 0 Å². The minimum Gasteiger partial charge on any atom is -1.00 e. The zero-order chi connectivity index (χ0) is 15.8. The monoisotopic (exact) mass is 314 g/mol. The van der Waals surface area contributed by atoms with Crippen LogP contribution in [0, 0.1) is 0 Å². The number of hydrogen-bond acceptors (Lipinski definition) is 3. The van der Waals surface area contributed by atoms with Crippen molar-refractivity contribution in [3.63, 3.8) is 0 Å². The second-order valence-corrected chi connectivity index (χ2v) is 6.24. The summed E-state index contributed by atoms with van der Waals surface area (Å²) in [5, 5.41) is 20.1. The number of carboxylic acid groups (broad SMARTS) is 1. The first-order valence-electron chi connectivity index (χ1n) is 9.04. The van der Waals surface area contributed by atoms with Crippen LogP contribution in [-0.4, -0.2) is 17.2 Å². The third kappa shape index (κ3) is 25.0. The van der Waals surface area contributed by atoms with E-state index >= 15 is 0 Å². The zero-order valence-corrected chi connectivity index (χ0v) is 15.9. The molecule has 0 saturated heterocycles. The molecule has 0 bridgehead atoms. The molecule has 1 N–H and O–H groups in total. The number of aliphatic hydroxyl groups excluding tert-OH is 1. The van der Waals surface area contributed by atoms with Gasteiger partial charge in [0.05, 0.1) is 6.10 Å². The Morgan fingerprint density at radius 2 is 1.22 bits per heavy atom. The fraction of sp³-hybridized carbons (Fsp3) is 0.944. The summed E-state index contributed by atoms with van der Waals surface area (Å²) in [4.78, 5) is 10.2. The van der Waals surface area contributed by atoms with Gasteiger partial charge in [-0.2, -0.15) is 0 Å². The largest absolute Gasteiger partial charge is 1.00 e. The van der Waals surface area contributed by atoms with Crippen molar-refractivity contribution in [1.29, 1.82) is 0 Å². The molecule has 0 aliphatic rings. The minimum atomic E-state index is -0.928. The van der Waals surface area contributed by atoms with E-state index in [4.69, 9.17) is 0 Å². The molecule has 0 aromatic rings. The number of hydrogen-bond donors (Lipinski definition) is 1. The van der Waals surface area contributed by atoms with Crippen LogP contribution in [0.4, 0.5) is 0 Å². The maximum atomic E-state index is 10.2. The smallest absolute Gasteiger partial charge is 1.00 e. The Kier molecular flexibility index (Phi) is 28.0. The molecule has 1 unspecified atom stereocenters. The van der Waals surface area contributed by atoms with Crippen molar-refractivity contribution < 1.29 is 54.2 Å². The van der Waals surface area contributed by atoms with Gasteiger partial charge in [-0.15, -0.1) is 0 Å². The van der Waals surface area contributed by atoms with Crippen molar-refractivity contribution >= 4 is 5.97 Å². The molecule has 0 aliphatic carbocycles. The second kappa shape index (κ2) is 22.6. The minimum absolute atomic E-state index is 0. The molecule has 1 atom stereocenters. The predicted molar refractivity (Wildman–Crippen MR) is 87.1 cm³/mol. The summed E-state index contributed by atoms with van der Waals surface area (Å²) in [6.45, 7) is 2.21. The van der Waals surface area contributed by atoms with E-state index in [1.54, 1.807) is 0 Å². The van der Waals surface area contributed by atoms with Gasteiger partial charge in [0.25, 0.3) is 0 Å². The summed E-state index contributed by atoms with van der Waals surface area (Å²) in [5.41, 5.74) is 0. The number of carbonyl (C=O) groups excluding carboxylic acids is 1. The summed E-state index contributed by atoms with van der Waals surface area (Å²) in [5.74, 6) is -0.928. The average molecular weight is 314 g/mol. The van der Waals surface area contributed by atoms with E-state index in [-0.39, 0.29) is 51.7 Å². The molecule has 0 aliphatic heterocycles. The maximum Gasteiger partial charge on any atom is 1.00 e. The Balaban J connectivity index is -0.000000667. The molecule has 128 valence electrons. The third-order valence-corrected chi connectivity index (χ3v) is 4.06. The van der Waals surface area contributed by atoms with Crippen LogP contribution < -0.4 is 42.8 Å². The van der Waals surface area contributed by atoms with Gasteiger partial charge in [-0.25, -0.2) is 0 Å². The third-order valence-electron chi connectivity index (χ3n) is 4.06. The molecule has 5 heteroatoms. The van der Waals surface area contributed by atoms with E-state index in [1.165, 1.54) is 51.4 Å². The molecule has 0 fully saturated rings. The summed E-state index contributed by atoms with van der Waals surface area (Å²) in [6, 6.07) is 0. The molecule has 0 aromatic heterocycles. The average Bonchev–Trinajstić information content (AvgIpc) is 2.45. The van der Waals surface area contributed by atoms with Gasteiger partial charge < -0.3 is 16.4 Å². The van der Waals surface area contributed by atoms with E-state index in [0.29, 0.717) is 0 Å². The Bertz CT molecular complexity index is 244. The van der Waals surface area contributed by atoms with Gasteiger partial charge in [-0.1, -0.05) is 77.6 Å². The van der Waals surface area contributed by atoms with Gasteiger partial charge in [-0.3, -0.25) is 0 Å². The van der Waals surface area contributed by atoms with E-state index < -0.39 is 5.97 Å². The number of unbranched alkanes of at least 4 members (excludes halogenated alkanes) is 10. The van der Waals surface area contributed by atoms with Gasteiger partial charge in [0, 0.05) is 5.97 Å². The van der Waals surface area contributed by atoms with Crippen LogP contribution in [0.5, 0.6) is 0 Å². The number of aliphatic carboxylic acids is 1. The molecule has 23 heavy (non-hydrogen) atoms. The number of carboxylic acids is 1. The molecule has 3 nitrogen and oxygen atoms in total. The van der Waals surface area contributed by atoms with Gasteiger partial charge in [0.2, 0.25) is 0 Å². The van der Waals surface area contributed by atoms with Crippen LogP contribution >= 0.6 is 0 Å². The topological polar surface area (TPSA) is 60.4 Å². The second-order valence-electron chi connectivity index (χ2n) is 6.24. The Hall–Kier alpha value is 0.625. The maximum absolute atomic E-state index is 10.2. The van der Waals surface area contributed by atoms with Gasteiger partial charge in [-0.05, 0) is 25.7 Å². The normalized spacial score (nSPS) is 11.4. The van der Waals surface area contributed by atoms with Crippen molar-refractivity contribution in [3.05, 3.63) is 0 Å². The number of rotatable bonds is 16. The molecule has 0 saturated carbocycles. The van der Waals surface area contributed by atoms with Gasteiger partial charge in [0.15, 0.2) is 0 Å². The van der Waals surface area contributed by atoms with Crippen molar-refractivity contribution in [2.24, 2.45) is 0 Å². The summed E-state index contributed by atoms with van der Waals surface area (Å²) in [6.07, 6.45) is 15.9. The van der Waals surface area contributed by atoms with E-state index in [9.17, 15) is 15.0 Å². The fourth-order valence-electron chi connectivity index (χ4n) is 2.66.